The van der Waals surface area contributed by atoms with E-state index in [4.69, 9.17) is 0 Å². The Bertz CT molecular complexity index is 618. The maximum absolute atomic E-state index is 10.6. The Morgan fingerprint density at radius 1 is 1.10 bits per heavy atom. The van der Waals surface area contributed by atoms with Crippen LogP contribution in [0, 0.1) is 0 Å². The van der Waals surface area contributed by atoms with Gasteiger partial charge in [0.1, 0.15) is 6.10 Å². The number of fused-ring (bicyclic) bond motifs is 1. The molecule has 3 rings (SSSR count). The first-order valence-corrected chi connectivity index (χ1v) is 7.80. The van der Waals surface area contributed by atoms with Gasteiger partial charge in [-0.3, -0.25) is 0 Å². The average Bonchev–Trinajstić information content (AvgIpc) is 2.88. The predicted octanol–water partition coefficient (Wildman–Crippen LogP) is 3.71. The minimum Gasteiger partial charge on any atom is -0.384 e. The average molecular weight is 281 g/mol. The number of aliphatic hydroxyl groups is 1. The Kier molecular flexibility index (Phi) is 3.98. The van der Waals surface area contributed by atoms with Gasteiger partial charge in [0.05, 0.1) is 0 Å². The SMILES string of the molecule is CCCc1ccc(C(O)c2ccc3c(c2)CCN3C)cc1. The Labute approximate surface area is 127 Å². The fourth-order valence-electron chi connectivity index (χ4n) is 3.10. The van der Waals surface area contributed by atoms with Crippen molar-refractivity contribution in [3.8, 4) is 0 Å². The Morgan fingerprint density at radius 3 is 2.52 bits per heavy atom. The van der Waals surface area contributed by atoms with Crippen molar-refractivity contribution in [3.05, 3.63) is 64.7 Å². The van der Waals surface area contributed by atoms with E-state index in [0.29, 0.717) is 0 Å². The summed E-state index contributed by atoms with van der Waals surface area (Å²) in [6, 6.07) is 14.7. The van der Waals surface area contributed by atoms with Gasteiger partial charge in [-0.25, -0.2) is 0 Å². The predicted molar refractivity (Wildman–Crippen MR) is 87.9 cm³/mol. The molecule has 2 aromatic carbocycles. The largest absolute Gasteiger partial charge is 0.384 e. The second-order valence-corrected chi connectivity index (χ2v) is 5.95. The molecule has 1 aliphatic rings. The number of aliphatic hydroxyl groups excluding tert-OH is 1. The zero-order chi connectivity index (χ0) is 14.8. The topological polar surface area (TPSA) is 23.5 Å². The van der Waals surface area contributed by atoms with Crippen LogP contribution < -0.4 is 4.90 Å². The normalized spacial score (nSPS) is 15.1. The van der Waals surface area contributed by atoms with E-state index in [1.54, 1.807) is 0 Å². The van der Waals surface area contributed by atoms with Crippen molar-refractivity contribution in [1.29, 1.82) is 0 Å². The molecule has 2 aromatic rings. The minimum atomic E-state index is -0.531. The molecule has 21 heavy (non-hydrogen) atoms. The molecule has 0 spiro atoms. The van der Waals surface area contributed by atoms with Crippen LogP contribution >= 0.6 is 0 Å². The molecule has 0 fully saturated rings. The number of hydrogen-bond acceptors (Lipinski definition) is 2. The maximum Gasteiger partial charge on any atom is 0.104 e. The third-order valence-electron chi connectivity index (χ3n) is 4.38. The molecule has 0 radical (unpaired) electrons. The van der Waals surface area contributed by atoms with Crippen molar-refractivity contribution in [2.24, 2.45) is 0 Å². The number of hydrogen-bond donors (Lipinski definition) is 1. The van der Waals surface area contributed by atoms with Crippen LogP contribution in [0.4, 0.5) is 5.69 Å². The molecule has 110 valence electrons. The van der Waals surface area contributed by atoms with Gasteiger partial charge in [-0.15, -0.1) is 0 Å². The first kappa shape index (κ1) is 14.2. The summed E-state index contributed by atoms with van der Waals surface area (Å²) in [6.45, 7) is 3.25. The smallest absolute Gasteiger partial charge is 0.104 e. The third-order valence-corrected chi connectivity index (χ3v) is 4.38. The van der Waals surface area contributed by atoms with E-state index < -0.39 is 6.10 Å². The number of likely N-dealkylation sites (N-methyl/N-ethyl adjacent to an activating group) is 1. The quantitative estimate of drug-likeness (QED) is 0.923. The van der Waals surface area contributed by atoms with Gasteiger partial charge < -0.3 is 10.0 Å². The molecule has 1 aliphatic heterocycles. The summed E-state index contributed by atoms with van der Waals surface area (Å²) in [7, 11) is 2.12. The highest BCUT2D eigenvalue weighted by atomic mass is 16.3. The zero-order valence-corrected chi connectivity index (χ0v) is 12.8. The highest BCUT2D eigenvalue weighted by Gasteiger charge is 2.18. The van der Waals surface area contributed by atoms with E-state index in [0.717, 1.165) is 36.9 Å². The van der Waals surface area contributed by atoms with Crippen LogP contribution in [0.15, 0.2) is 42.5 Å². The van der Waals surface area contributed by atoms with Crippen molar-refractivity contribution in [1.82, 2.24) is 0 Å². The van der Waals surface area contributed by atoms with E-state index in [1.807, 2.05) is 6.07 Å². The molecule has 0 saturated heterocycles. The number of aryl methyl sites for hydroxylation is 1. The highest BCUT2D eigenvalue weighted by molar-refractivity contribution is 5.59. The molecule has 2 heteroatoms. The van der Waals surface area contributed by atoms with Gasteiger partial charge in [0.2, 0.25) is 0 Å². The fraction of sp³-hybridized carbons (Fsp3) is 0.368. The van der Waals surface area contributed by atoms with Gasteiger partial charge in [-0.2, -0.15) is 0 Å². The van der Waals surface area contributed by atoms with Crippen molar-refractivity contribution >= 4 is 5.69 Å². The van der Waals surface area contributed by atoms with E-state index in [1.165, 1.54) is 16.8 Å². The lowest BCUT2D eigenvalue weighted by atomic mass is 9.97. The lowest BCUT2D eigenvalue weighted by Crippen LogP contribution is -2.12. The van der Waals surface area contributed by atoms with Gasteiger partial charge in [-0.05, 0) is 41.2 Å². The van der Waals surface area contributed by atoms with E-state index >= 15 is 0 Å². The summed E-state index contributed by atoms with van der Waals surface area (Å²) < 4.78 is 0. The lowest BCUT2D eigenvalue weighted by molar-refractivity contribution is 0.220. The standard InChI is InChI=1S/C19H23NO/c1-3-4-14-5-7-15(8-6-14)19(21)17-9-10-18-16(13-17)11-12-20(18)2/h5-10,13,19,21H,3-4,11-12H2,1-2H3. The first-order valence-electron chi connectivity index (χ1n) is 7.80. The van der Waals surface area contributed by atoms with Crippen molar-refractivity contribution in [2.75, 3.05) is 18.5 Å². The van der Waals surface area contributed by atoms with Crippen molar-refractivity contribution < 1.29 is 5.11 Å². The van der Waals surface area contributed by atoms with Crippen molar-refractivity contribution in [3.63, 3.8) is 0 Å². The Morgan fingerprint density at radius 2 is 1.81 bits per heavy atom. The number of rotatable bonds is 4. The van der Waals surface area contributed by atoms with Crippen LogP contribution in [0.25, 0.3) is 0 Å². The van der Waals surface area contributed by atoms with Crippen LogP contribution in [-0.4, -0.2) is 18.7 Å². The van der Waals surface area contributed by atoms with E-state index in [9.17, 15) is 5.11 Å². The maximum atomic E-state index is 10.6. The van der Waals surface area contributed by atoms with Crippen LogP contribution in [0.1, 0.15) is 41.7 Å². The first-order chi connectivity index (χ1) is 10.2. The molecule has 0 aromatic heterocycles. The molecule has 1 N–H and O–H groups in total. The van der Waals surface area contributed by atoms with Gasteiger partial charge in [0, 0.05) is 19.3 Å². The molecule has 1 heterocycles. The summed E-state index contributed by atoms with van der Waals surface area (Å²) in [5.41, 5.74) is 5.94. The van der Waals surface area contributed by atoms with Gasteiger partial charge in [-0.1, -0.05) is 49.7 Å². The summed E-state index contributed by atoms with van der Waals surface area (Å²) in [4.78, 5) is 2.27. The van der Waals surface area contributed by atoms with Crippen LogP contribution in [0.5, 0.6) is 0 Å². The minimum absolute atomic E-state index is 0.531. The molecule has 2 nitrogen and oxygen atoms in total. The third kappa shape index (κ3) is 2.81. The number of anilines is 1. The van der Waals surface area contributed by atoms with Gasteiger partial charge >= 0.3 is 0 Å². The monoisotopic (exact) mass is 281 g/mol. The summed E-state index contributed by atoms with van der Waals surface area (Å²) in [5.74, 6) is 0. The van der Waals surface area contributed by atoms with E-state index in [2.05, 4.69) is 55.3 Å². The Balaban J connectivity index is 1.83. The number of benzene rings is 2. The summed E-state index contributed by atoms with van der Waals surface area (Å²) >= 11 is 0. The molecule has 1 unspecified atom stereocenters. The summed E-state index contributed by atoms with van der Waals surface area (Å²) in [6.07, 6.45) is 2.79. The Hall–Kier alpha value is -1.80. The fourth-order valence-corrected chi connectivity index (χ4v) is 3.10. The molecular weight excluding hydrogens is 258 g/mol. The molecule has 0 aliphatic carbocycles. The summed E-state index contributed by atoms with van der Waals surface area (Å²) in [5, 5.41) is 10.6. The van der Waals surface area contributed by atoms with Gasteiger partial charge in [0.15, 0.2) is 0 Å². The zero-order valence-electron chi connectivity index (χ0n) is 12.8. The second-order valence-electron chi connectivity index (χ2n) is 5.95. The molecule has 0 amide bonds. The number of nitrogens with zero attached hydrogens (tertiary/aromatic N) is 1. The van der Waals surface area contributed by atoms with E-state index in [-0.39, 0.29) is 0 Å². The molecule has 1 atom stereocenters. The lowest BCUT2D eigenvalue weighted by Gasteiger charge is -2.15. The molecular formula is C19H23NO. The van der Waals surface area contributed by atoms with Crippen LogP contribution in [0.2, 0.25) is 0 Å². The van der Waals surface area contributed by atoms with Crippen LogP contribution in [-0.2, 0) is 12.8 Å². The van der Waals surface area contributed by atoms with Crippen molar-refractivity contribution in [2.45, 2.75) is 32.3 Å². The van der Waals surface area contributed by atoms with Gasteiger partial charge in [0.25, 0.3) is 0 Å². The molecule has 0 saturated carbocycles. The molecule has 0 bridgehead atoms. The van der Waals surface area contributed by atoms with Crippen LogP contribution in [0.3, 0.4) is 0 Å². The second kappa shape index (κ2) is 5.90. The highest BCUT2D eigenvalue weighted by Crippen LogP contribution is 2.31.